The van der Waals surface area contributed by atoms with Gasteiger partial charge in [0, 0.05) is 22.5 Å². The van der Waals surface area contributed by atoms with Gasteiger partial charge in [-0.3, -0.25) is 0 Å². The van der Waals surface area contributed by atoms with Crippen molar-refractivity contribution >= 4 is 71.8 Å². The summed E-state index contributed by atoms with van der Waals surface area (Å²) in [5.74, 6) is 0. The van der Waals surface area contributed by atoms with Crippen LogP contribution in [0.2, 0.25) is 0 Å². The zero-order valence-corrected chi connectivity index (χ0v) is 32.7. The van der Waals surface area contributed by atoms with Crippen molar-refractivity contribution in [2.45, 2.75) is 19.3 Å². The second kappa shape index (κ2) is 13.5. The molecule has 0 aliphatic heterocycles. The molecule has 58 heavy (non-hydrogen) atoms. The highest BCUT2D eigenvalue weighted by Crippen LogP contribution is 2.47. The van der Waals surface area contributed by atoms with E-state index < -0.39 is 0 Å². The summed E-state index contributed by atoms with van der Waals surface area (Å²) >= 11 is 0. The molecule has 0 bridgehead atoms. The standard InChI is InChI=1S/C57H41N/c1-57(2)55-22-12-5-15-43(55)37-56(57)40-27-33-46(34-28-40)58(44-29-23-38(24-30-44)53-35-41-13-3-6-16-47(41)49-18-8-10-20-51(49)53)45-31-25-39(26-32-45)54-36-42-14-4-7-17-48(42)50-19-9-11-21-52(50)54/h3-37H,1-2H3. The van der Waals surface area contributed by atoms with E-state index in [0.29, 0.717) is 0 Å². The first-order chi connectivity index (χ1) is 28.5. The summed E-state index contributed by atoms with van der Waals surface area (Å²) in [5.41, 5.74) is 13.5. The number of rotatable bonds is 6. The largest absolute Gasteiger partial charge is 0.311 e. The normalized spacial score (nSPS) is 13.2. The maximum Gasteiger partial charge on any atom is 0.0462 e. The Labute approximate surface area is 339 Å². The van der Waals surface area contributed by atoms with Crippen LogP contribution in [0.15, 0.2) is 206 Å². The van der Waals surface area contributed by atoms with Gasteiger partial charge in [-0.05, 0) is 142 Å². The van der Waals surface area contributed by atoms with Gasteiger partial charge in [0.15, 0.2) is 0 Å². The lowest BCUT2D eigenvalue weighted by molar-refractivity contribution is 0.704. The SMILES string of the molecule is CC1(C)C(c2ccc(N(c3ccc(-c4cc5ccccc5c5ccccc45)cc3)c3ccc(-c4cc5ccccc5c5ccccc45)cc3)cc2)=Cc2ccccc21. The van der Waals surface area contributed by atoms with E-state index in [1.165, 1.54) is 87.6 Å². The second-order valence-corrected chi connectivity index (χ2v) is 16.1. The van der Waals surface area contributed by atoms with E-state index in [2.05, 4.69) is 231 Å². The summed E-state index contributed by atoms with van der Waals surface area (Å²) in [7, 11) is 0. The van der Waals surface area contributed by atoms with Crippen molar-refractivity contribution in [3.05, 3.63) is 223 Å². The smallest absolute Gasteiger partial charge is 0.0462 e. The zero-order valence-electron chi connectivity index (χ0n) is 32.7. The molecular weight excluding hydrogens is 699 g/mol. The Balaban J connectivity index is 1.02. The molecule has 1 aliphatic rings. The Bertz CT molecular complexity index is 3060. The molecule has 10 aromatic rings. The minimum absolute atomic E-state index is 0.0661. The maximum absolute atomic E-state index is 2.39. The Hall–Kier alpha value is -7.22. The fraction of sp³-hybridized carbons (Fsp3) is 0.0526. The van der Waals surface area contributed by atoms with Crippen LogP contribution in [0, 0.1) is 0 Å². The van der Waals surface area contributed by atoms with E-state index in [1.54, 1.807) is 0 Å². The molecule has 0 fully saturated rings. The van der Waals surface area contributed by atoms with Crippen molar-refractivity contribution in [3.8, 4) is 22.3 Å². The summed E-state index contributed by atoms with van der Waals surface area (Å²) in [4.78, 5) is 2.39. The number of nitrogens with zero attached hydrogens (tertiary/aromatic N) is 1. The van der Waals surface area contributed by atoms with Gasteiger partial charge in [-0.15, -0.1) is 0 Å². The van der Waals surface area contributed by atoms with E-state index in [1.807, 2.05) is 0 Å². The first kappa shape index (κ1) is 34.1. The van der Waals surface area contributed by atoms with Gasteiger partial charge in [0.2, 0.25) is 0 Å². The molecule has 0 unspecified atom stereocenters. The highest BCUT2D eigenvalue weighted by molar-refractivity contribution is 6.15. The third kappa shape index (κ3) is 5.54. The molecule has 0 saturated carbocycles. The monoisotopic (exact) mass is 739 g/mol. The van der Waals surface area contributed by atoms with Crippen molar-refractivity contribution < 1.29 is 0 Å². The van der Waals surface area contributed by atoms with E-state index >= 15 is 0 Å². The van der Waals surface area contributed by atoms with Crippen LogP contribution < -0.4 is 4.90 Å². The van der Waals surface area contributed by atoms with Gasteiger partial charge in [0.05, 0.1) is 0 Å². The number of benzene rings is 10. The van der Waals surface area contributed by atoms with Crippen LogP contribution in [0.3, 0.4) is 0 Å². The molecule has 1 heteroatoms. The van der Waals surface area contributed by atoms with E-state index in [9.17, 15) is 0 Å². The Morgan fingerprint density at radius 1 is 0.345 bits per heavy atom. The fourth-order valence-corrected chi connectivity index (χ4v) is 9.52. The van der Waals surface area contributed by atoms with Crippen molar-refractivity contribution in [3.63, 3.8) is 0 Å². The molecule has 0 spiro atoms. The van der Waals surface area contributed by atoms with Crippen LogP contribution in [0.5, 0.6) is 0 Å². The van der Waals surface area contributed by atoms with Crippen LogP contribution in [0.4, 0.5) is 17.1 Å². The van der Waals surface area contributed by atoms with Crippen LogP contribution >= 0.6 is 0 Å². The molecule has 0 aromatic heterocycles. The van der Waals surface area contributed by atoms with E-state index in [0.717, 1.165) is 17.1 Å². The predicted molar refractivity (Wildman–Crippen MR) is 249 cm³/mol. The average molecular weight is 740 g/mol. The molecule has 0 saturated heterocycles. The molecule has 0 N–H and O–H groups in total. The Kier molecular flexibility index (Phi) is 7.91. The number of hydrogen-bond acceptors (Lipinski definition) is 1. The first-order valence-electron chi connectivity index (χ1n) is 20.3. The number of hydrogen-bond donors (Lipinski definition) is 0. The van der Waals surface area contributed by atoms with Crippen molar-refractivity contribution in [2.24, 2.45) is 0 Å². The van der Waals surface area contributed by atoms with Gasteiger partial charge in [-0.2, -0.15) is 0 Å². The van der Waals surface area contributed by atoms with Gasteiger partial charge < -0.3 is 4.90 Å². The second-order valence-electron chi connectivity index (χ2n) is 16.1. The fourth-order valence-electron chi connectivity index (χ4n) is 9.52. The van der Waals surface area contributed by atoms with Crippen molar-refractivity contribution in [1.82, 2.24) is 0 Å². The number of fused-ring (bicyclic) bond motifs is 7. The van der Waals surface area contributed by atoms with Crippen LogP contribution in [-0.4, -0.2) is 0 Å². The highest BCUT2D eigenvalue weighted by atomic mass is 15.1. The van der Waals surface area contributed by atoms with Gasteiger partial charge in [0.1, 0.15) is 0 Å². The first-order valence-corrected chi connectivity index (χ1v) is 20.3. The molecule has 0 heterocycles. The third-order valence-corrected chi connectivity index (χ3v) is 12.5. The van der Waals surface area contributed by atoms with Crippen LogP contribution in [0.1, 0.15) is 30.5 Å². The molecule has 10 aromatic carbocycles. The van der Waals surface area contributed by atoms with E-state index in [-0.39, 0.29) is 5.41 Å². The number of allylic oxidation sites excluding steroid dienone is 1. The lowest BCUT2D eigenvalue weighted by Gasteiger charge is -2.28. The quantitative estimate of drug-likeness (QED) is 0.154. The average Bonchev–Trinajstić information content (AvgIpc) is 3.56. The molecule has 0 atom stereocenters. The summed E-state index contributed by atoms with van der Waals surface area (Å²) in [6.45, 7) is 4.68. The summed E-state index contributed by atoms with van der Waals surface area (Å²) in [6.07, 6.45) is 2.37. The topological polar surface area (TPSA) is 3.24 Å². The predicted octanol–water partition coefficient (Wildman–Crippen LogP) is 15.9. The van der Waals surface area contributed by atoms with Gasteiger partial charge >= 0.3 is 0 Å². The van der Waals surface area contributed by atoms with Gasteiger partial charge in [-0.25, -0.2) is 0 Å². The minimum atomic E-state index is -0.0661. The molecule has 1 aliphatic carbocycles. The highest BCUT2D eigenvalue weighted by Gasteiger charge is 2.33. The Morgan fingerprint density at radius 2 is 0.724 bits per heavy atom. The van der Waals surface area contributed by atoms with Crippen LogP contribution in [-0.2, 0) is 5.41 Å². The van der Waals surface area contributed by atoms with Crippen molar-refractivity contribution in [2.75, 3.05) is 4.90 Å². The summed E-state index contributed by atoms with van der Waals surface area (Å²) < 4.78 is 0. The zero-order chi connectivity index (χ0) is 38.8. The summed E-state index contributed by atoms with van der Waals surface area (Å²) in [6, 6.07) is 75.8. The van der Waals surface area contributed by atoms with Crippen LogP contribution in [0.25, 0.3) is 77.0 Å². The molecule has 274 valence electrons. The lowest BCUT2D eigenvalue weighted by atomic mass is 9.78. The molecule has 0 radical (unpaired) electrons. The minimum Gasteiger partial charge on any atom is -0.311 e. The summed E-state index contributed by atoms with van der Waals surface area (Å²) in [5, 5.41) is 10.2. The maximum atomic E-state index is 2.39. The lowest BCUT2D eigenvalue weighted by Crippen LogP contribution is -2.16. The van der Waals surface area contributed by atoms with Gasteiger partial charge in [-0.1, -0.05) is 172 Å². The molecule has 0 amide bonds. The molecule has 11 rings (SSSR count). The molecular formula is C57H41N. The number of anilines is 3. The van der Waals surface area contributed by atoms with Gasteiger partial charge in [0.25, 0.3) is 0 Å². The Morgan fingerprint density at radius 3 is 1.19 bits per heavy atom. The van der Waals surface area contributed by atoms with Crippen molar-refractivity contribution in [1.29, 1.82) is 0 Å². The van der Waals surface area contributed by atoms with E-state index in [4.69, 9.17) is 0 Å². The third-order valence-electron chi connectivity index (χ3n) is 12.5. The molecule has 1 nitrogen and oxygen atoms in total.